The van der Waals surface area contributed by atoms with E-state index in [4.69, 9.17) is 11.5 Å². The number of carbonyl (C=O) groups is 1. The lowest BCUT2D eigenvalue weighted by Gasteiger charge is -2.14. The number of primary amides is 1. The van der Waals surface area contributed by atoms with Crippen LogP contribution in [0.25, 0.3) is 0 Å². The van der Waals surface area contributed by atoms with Crippen molar-refractivity contribution in [3.63, 3.8) is 0 Å². The number of hydrogen-bond acceptors (Lipinski definition) is 4. The maximum absolute atomic E-state index is 12.2. The van der Waals surface area contributed by atoms with E-state index >= 15 is 0 Å². The molecule has 1 aliphatic carbocycles. The summed E-state index contributed by atoms with van der Waals surface area (Å²) in [6.45, 7) is 0. The summed E-state index contributed by atoms with van der Waals surface area (Å²) in [5.74, 6) is -0.649. The number of nitrogens with one attached hydrogen (secondary N) is 1. The maximum Gasteiger partial charge on any atom is 0.248 e. The zero-order chi connectivity index (χ0) is 14.0. The molecule has 0 saturated heterocycles. The van der Waals surface area contributed by atoms with Crippen molar-refractivity contribution in [1.82, 2.24) is 4.72 Å². The van der Waals surface area contributed by atoms with E-state index in [1.807, 2.05) is 12.2 Å². The van der Waals surface area contributed by atoms with Crippen molar-refractivity contribution >= 4 is 21.6 Å². The number of carbonyl (C=O) groups excluding carboxylic acids is 1. The van der Waals surface area contributed by atoms with Crippen LogP contribution in [0.5, 0.6) is 0 Å². The number of sulfonamides is 1. The van der Waals surface area contributed by atoms with Crippen LogP contribution in [0.15, 0.2) is 35.2 Å². The molecule has 0 saturated carbocycles. The normalized spacial score (nSPS) is 15.8. The second-order valence-electron chi connectivity index (χ2n) is 4.38. The second-order valence-corrected chi connectivity index (χ2v) is 6.06. The first-order valence-corrected chi connectivity index (χ1v) is 7.25. The van der Waals surface area contributed by atoms with Crippen LogP contribution in [0.2, 0.25) is 0 Å². The highest BCUT2D eigenvalue weighted by atomic mass is 32.2. The summed E-state index contributed by atoms with van der Waals surface area (Å²) in [4.78, 5) is 10.9. The van der Waals surface area contributed by atoms with Crippen molar-refractivity contribution in [2.45, 2.75) is 23.8 Å². The van der Waals surface area contributed by atoms with Gasteiger partial charge >= 0.3 is 0 Å². The second kappa shape index (κ2) is 5.02. The van der Waals surface area contributed by atoms with E-state index < -0.39 is 15.9 Å². The van der Waals surface area contributed by atoms with Gasteiger partial charge in [0.05, 0.1) is 5.69 Å². The van der Waals surface area contributed by atoms with E-state index in [0.29, 0.717) is 12.8 Å². The van der Waals surface area contributed by atoms with Gasteiger partial charge in [-0.2, -0.15) is 0 Å². The van der Waals surface area contributed by atoms with Gasteiger partial charge in [0.15, 0.2) is 0 Å². The number of amides is 1. The highest BCUT2D eigenvalue weighted by Crippen LogP contribution is 2.21. The van der Waals surface area contributed by atoms with Crippen LogP contribution < -0.4 is 16.2 Å². The maximum atomic E-state index is 12.2. The van der Waals surface area contributed by atoms with E-state index in [1.165, 1.54) is 18.2 Å². The molecule has 0 aliphatic heterocycles. The number of rotatable bonds is 4. The molecular formula is C12H15N3O3S. The highest BCUT2D eigenvalue weighted by molar-refractivity contribution is 7.89. The van der Waals surface area contributed by atoms with Crippen molar-refractivity contribution in [2.75, 3.05) is 5.73 Å². The molecule has 6 nitrogen and oxygen atoms in total. The van der Waals surface area contributed by atoms with Gasteiger partial charge in [-0.05, 0) is 31.0 Å². The van der Waals surface area contributed by atoms with E-state index in [1.54, 1.807) is 0 Å². The van der Waals surface area contributed by atoms with E-state index in [-0.39, 0.29) is 22.2 Å². The third kappa shape index (κ3) is 2.94. The number of anilines is 1. The topological polar surface area (TPSA) is 115 Å². The van der Waals surface area contributed by atoms with Gasteiger partial charge in [-0.25, -0.2) is 13.1 Å². The Kier molecular flexibility index (Phi) is 3.59. The van der Waals surface area contributed by atoms with Crippen LogP contribution in [-0.2, 0) is 10.0 Å². The summed E-state index contributed by atoms with van der Waals surface area (Å²) in [6.07, 6.45) is 5.18. The van der Waals surface area contributed by atoms with E-state index in [0.717, 1.165) is 0 Å². The van der Waals surface area contributed by atoms with Crippen LogP contribution in [-0.4, -0.2) is 20.4 Å². The fourth-order valence-corrected chi connectivity index (χ4v) is 3.32. The molecule has 2 rings (SSSR count). The number of hydrogen-bond donors (Lipinski definition) is 3. The fourth-order valence-electron chi connectivity index (χ4n) is 1.94. The van der Waals surface area contributed by atoms with E-state index in [9.17, 15) is 13.2 Å². The van der Waals surface area contributed by atoms with Crippen molar-refractivity contribution in [3.8, 4) is 0 Å². The average Bonchev–Trinajstić information content (AvgIpc) is 2.80. The monoisotopic (exact) mass is 281 g/mol. The minimum atomic E-state index is -3.68. The van der Waals surface area contributed by atoms with Crippen molar-refractivity contribution in [1.29, 1.82) is 0 Å². The van der Waals surface area contributed by atoms with Crippen molar-refractivity contribution in [2.24, 2.45) is 5.73 Å². The van der Waals surface area contributed by atoms with Gasteiger partial charge in [0.25, 0.3) is 0 Å². The number of nitrogen functional groups attached to an aromatic ring is 1. The van der Waals surface area contributed by atoms with Gasteiger partial charge in [0, 0.05) is 11.6 Å². The molecule has 19 heavy (non-hydrogen) atoms. The molecule has 1 amide bonds. The van der Waals surface area contributed by atoms with Crippen molar-refractivity contribution < 1.29 is 13.2 Å². The first-order valence-electron chi connectivity index (χ1n) is 5.77. The highest BCUT2D eigenvalue weighted by Gasteiger charge is 2.23. The molecule has 1 aromatic carbocycles. The van der Waals surface area contributed by atoms with Gasteiger partial charge < -0.3 is 11.5 Å². The Morgan fingerprint density at radius 1 is 1.26 bits per heavy atom. The Hall–Kier alpha value is -1.86. The van der Waals surface area contributed by atoms with Gasteiger partial charge in [-0.3, -0.25) is 4.79 Å². The first kappa shape index (κ1) is 13.6. The Morgan fingerprint density at radius 2 is 1.89 bits per heavy atom. The average molecular weight is 281 g/mol. The summed E-state index contributed by atoms with van der Waals surface area (Å²) in [7, 11) is -3.68. The third-order valence-electron chi connectivity index (χ3n) is 2.91. The lowest BCUT2D eigenvalue weighted by atomic mass is 10.2. The van der Waals surface area contributed by atoms with Gasteiger partial charge in [-0.1, -0.05) is 12.2 Å². The largest absolute Gasteiger partial charge is 0.398 e. The predicted octanol–water partition coefficient (Wildman–Crippen LogP) is 0.365. The lowest BCUT2D eigenvalue weighted by molar-refractivity contribution is 0.1000. The molecule has 7 heteroatoms. The molecule has 102 valence electrons. The molecule has 0 radical (unpaired) electrons. The van der Waals surface area contributed by atoms with Crippen LogP contribution in [0, 0.1) is 0 Å². The SMILES string of the molecule is NC(=O)c1ccc(S(=O)(=O)NC2CC=CC2)c(N)c1. The Morgan fingerprint density at radius 3 is 2.42 bits per heavy atom. The third-order valence-corrected chi connectivity index (χ3v) is 4.51. The minimum absolute atomic E-state index is 0.00903. The van der Waals surface area contributed by atoms with Crippen LogP contribution in [0.3, 0.4) is 0 Å². The summed E-state index contributed by atoms with van der Waals surface area (Å²) < 4.78 is 26.9. The molecule has 0 heterocycles. The molecule has 5 N–H and O–H groups in total. The standard InChI is InChI=1S/C12H15N3O3S/c13-10-7-8(12(14)16)5-6-11(10)19(17,18)15-9-3-1-2-4-9/h1-2,5-7,9,15H,3-4,13H2,(H2,14,16). The lowest BCUT2D eigenvalue weighted by Crippen LogP contribution is -2.33. The zero-order valence-electron chi connectivity index (χ0n) is 10.2. The minimum Gasteiger partial charge on any atom is -0.398 e. The quantitative estimate of drug-likeness (QED) is 0.546. The first-order chi connectivity index (χ1) is 8.90. The summed E-state index contributed by atoms with van der Waals surface area (Å²) >= 11 is 0. The molecule has 1 aliphatic rings. The molecular weight excluding hydrogens is 266 g/mol. The van der Waals surface area contributed by atoms with Crippen LogP contribution in [0.4, 0.5) is 5.69 Å². The Balaban J connectivity index is 2.27. The van der Waals surface area contributed by atoms with Crippen LogP contribution >= 0.6 is 0 Å². The van der Waals surface area contributed by atoms with Gasteiger partial charge in [0.2, 0.25) is 15.9 Å². The fraction of sp³-hybridized carbons (Fsp3) is 0.250. The molecule has 0 atom stereocenters. The Labute approximate surface area is 111 Å². The molecule has 0 unspecified atom stereocenters. The summed E-state index contributed by atoms with van der Waals surface area (Å²) in [5.41, 5.74) is 11.0. The molecule has 0 aromatic heterocycles. The zero-order valence-corrected chi connectivity index (χ0v) is 11.0. The van der Waals surface area contributed by atoms with E-state index in [2.05, 4.69) is 4.72 Å². The van der Waals surface area contributed by atoms with Gasteiger partial charge in [-0.15, -0.1) is 0 Å². The smallest absolute Gasteiger partial charge is 0.248 e. The van der Waals surface area contributed by atoms with Crippen molar-refractivity contribution in [3.05, 3.63) is 35.9 Å². The molecule has 0 bridgehead atoms. The molecule has 1 aromatic rings. The molecule has 0 fully saturated rings. The van der Waals surface area contributed by atoms with Crippen LogP contribution in [0.1, 0.15) is 23.2 Å². The number of nitrogens with two attached hydrogens (primary N) is 2. The molecule has 0 spiro atoms. The Bertz CT molecular complexity index is 630. The summed E-state index contributed by atoms with van der Waals surface area (Å²) in [6, 6.07) is 3.77. The number of benzene rings is 1. The van der Waals surface area contributed by atoms with Gasteiger partial charge in [0.1, 0.15) is 4.90 Å². The summed E-state index contributed by atoms with van der Waals surface area (Å²) in [5, 5.41) is 0. The predicted molar refractivity (Wildman–Crippen MR) is 71.9 cm³/mol.